The first-order chi connectivity index (χ1) is 14.4. The van der Waals surface area contributed by atoms with E-state index in [0.717, 1.165) is 37.7 Å². The summed E-state index contributed by atoms with van der Waals surface area (Å²) in [5, 5.41) is 30.4. The number of carbonyl (C=O) groups is 1. The summed E-state index contributed by atoms with van der Waals surface area (Å²) in [5.74, 6) is 0.742. The number of rotatable bonds is 6. The maximum absolute atomic E-state index is 12.3. The second-order valence-corrected chi connectivity index (χ2v) is 11.2. The largest absolute Gasteiger partial charge is 0.393 e. The zero-order valence-electron chi connectivity index (χ0n) is 19.9. The first kappa shape index (κ1) is 24.4. The van der Waals surface area contributed by atoms with Crippen LogP contribution in [-0.2, 0) is 4.79 Å². The van der Waals surface area contributed by atoms with E-state index in [0.29, 0.717) is 24.7 Å². The van der Waals surface area contributed by atoms with E-state index in [1.165, 1.54) is 37.8 Å². The van der Waals surface area contributed by atoms with Crippen molar-refractivity contribution in [3.63, 3.8) is 0 Å². The summed E-state index contributed by atoms with van der Waals surface area (Å²) >= 11 is 0. The Morgan fingerprint density at radius 3 is 2.65 bits per heavy atom. The number of Topliss-reactive ketones (excluding diaryl/α,β-unsaturated/α-hetero) is 1. The number of hydrogen-bond acceptors (Lipinski definition) is 4. The molecule has 0 aromatic heterocycles. The highest BCUT2D eigenvalue weighted by molar-refractivity contribution is 5.89. The van der Waals surface area contributed by atoms with Crippen LogP contribution in [0.15, 0.2) is 35.5 Å². The van der Waals surface area contributed by atoms with Gasteiger partial charge in [-0.05, 0) is 100 Å². The van der Waals surface area contributed by atoms with Crippen LogP contribution in [0.3, 0.4) is 0 Å². The fraction of sp³-hybridized carbons (Fsp3) is 0.741. The molecule has 3 aliphatic carbocycles. The summed E-state index contributed by atoms with van der Waals surface area (Å²) < 4.78 is 0. The number of aliphatic hydroxyl groups is 3. The lowest BCUT2D eigenvalue weighted by atomic mass is 9.60. The van der Waals surface area contributed by atoms with Gasteiger partial charge < -0.3 is 15.3 Å². The van der Waals surface area contributed by atoms with Gasteiger partial charge in [0.05, 0.1) is 6.10 Å². The highest BCUT2D eigenvalue weighted by atomic mass is 16.3. The van der Waals surface area contributed by atoms with Crippen molar-refractivity contribution in [2.24, 2.45) is 23.2 Å². The summed E-state index contributed by atoms with van der Waals surface area (Å²) in [7, 11) is 0. The van der Waals surface area contributed by atoms with Crippen molar-refractivity contribution in [3.8, 4) is 0 Å². The Hall–Kier alpha value is -1.23. The quantitative estimate of drug-likeness (QED) is 0.561. The fourth-order valence-corrected chi connectivity index (χ4v) is 6.64. The molecule has 4 nitrogen and oxygen atoms in total. The van der Waals surface area contributed by atoms with Crippen LogP contribution in [0.5, 0.6) is 0 Å². The van der Waals surface area contributed by atoms with E-state index in [1.54, 1.807) is 0 Å². The van der Waals surface area contributed by atoms with E-state index in [4.69, 9.17) is 0 Å². The molecule has 0 aromatic rings. The second-order valence-electron chi connectivity index (χ2n) is 11.2. The minimum absolute atomic E-state index is 0.183. The molecule has 3 N–H and O–H groups in total. The van der Waals surface area contributed by atoms with E-state index in [2.05, 4.69) is 32.6 Å². The van der Waals surface area contributed by atoms with E-state index in [9.17, 15) is 20.1 Å². The molecule has 6 atom stereocenters. The van der Waals surface area contributed by atoms with Gasteiger partial charge in [0, 0.05) is 0 Å². The lowest BCUT2D eigenvalue weighted by Gasteiger charge is -2.44. The van der Waals surface area contributed by atoms with Gasteiger partial charge in [0.1, 0.15) is 11.7 Å². The topological polar surface area (TPSA) is 77.8 Å². The Morgan fingerprint density at radius 1 is 1.26 bits per heavy atom. The van der Waals surface area contributed by atoms with Crippen LogP contribution in [0.2, 0.25) is 0 Å². The summed E-state index contributed by atoms with van der Waals surface area (Å²) in [6.45, 7) is 11.6. The molecule has 3 aliphatic rings. The molecule has 3 saturated carbocycles. The van der Waals surface area contributed by atoms with Gasteiger partial charge in [-0.25, -0.2) is 0 Å². The van der Waals surface area contributed by atoms with E-state index in [-0.39, 0.29) is 17.4 Å². The van der Waals surface area contributed by atoms with Gasteiger partial charge in [-0.15, -0.1) is 0 Å². The molecular weight excluding hydrogens is 388 g/mol. The van der Waals surface area contributed by atoms with Gasteiger partial charge >= 0.3 is 0 Å². The average molecular weight is 431 g/mol. The minimum Gasteiger partial charge on any atom is -0.393 e. The Kier molecular flexibility index (Phi) is 7.35. The van der Waals surface area contributed by atoms with Gasteiger partial charge in [0.15, 0.2) is 5.78 Å². The number of aliphatic hydroxyl groups excluding tert-OH is 2. The highest BCUT2D eigenvalue weighted by Gasteiger charge is 2.51. The molecule has 0 radical (unpaired) electrons. The number of hydrogen-bond donors (Lipinski definition) is 3. The Bertz CT molecular complexity index is 756. The van der Waals surface area contributed by atoms with Crippen molar-refractivity contribution in [1.82, 2.24) is 0 Å². The van der Waals surface area contributed by atoms with Crippen LogP contribution >= 0.6 is 0 Å². The molecule has 3 rings (SSSR count). The predicted octanol–water partition coefficient (Wildman–Crippen LogP) is 4.88. The Morgan fingerprint density at radius 2 is 1.97 bits per heavy atom. The van der Waals surface area contributed by atoms with E-state index in [1.807, 2.05) is 0 Å². The molecule has 3 fully saturated rings. The summed E-state index contributed by atoms with van der Waals surface area (Å²) in [6, 6.07) is 0. The summed E-state index contributed by atoms with van der Waals surface area (Å²) in [4.78, 5) is 12.3. The minimum atomic E-state index is -1.49. The van der Waals surface area contributed by atoms with Crippen LogP contribution < -0.4 is 0 Å². The molecule has 0 aromatic carbocycles. The van der Waals surface area contributed by atoms with Crippen molar-refractivity contribution in [2.45, 2.75) is 103 Å². The SMILES string of the molecule is C=C1CC[C@H](O)C/C1=C/C=C1CCC[C@@]2(C)C1CC[C@@H]2[C@H](C)CC(O)C(=O)C(C)(C)O. The summed E-state index contributed by atoms with van der Waals surface area (Å²) in [5.41, 5.74) is 2.55. The van der Waals surface area contributed by atoms with Crippen molar-refractivity contribution in [3.05, 3.63) is 35.5 Å². The van der Waals surface area contributed by atoms with E-state index < -0.39 is 17.5 Å². The van der Waals surface area contributed by atoms with E-state index >= 15 is 0 Å². The molecule has 2 unspecified atom stereocenters. The van der Waals surface area contributed by atoms with Crippen LogP contribution in [0.25, 0.3) is 0 Å². The summed E-state index contributed by atoms with van der Waals surface area (Å²) in [6.07, 6.45) is 11.7. The normalized spacial score (nSPS) is 36.5. The monoisotopic (exact) mass is 430 g/mol. The Labute approximate surface area is 188 Å². The maximum Gasteiger partial charge on any atom is 0.192 e. The van der Waals surface area contributed by atoms with Gasteiger partial charge in [0.25, 0.3) is 0 Å². The first-order valence-electron chi connectivity index (χ1n) is 12.1. The second kappa shape index (κ2) is 9.33. The van der Waals surface area contributed by atoms with Crippen molar-refractivity contribution in [1.29, 1.82) is 0 Å². The molecular formula is C27H42O4. The molecule has 174 valence electrons. The smallest absolute Gasteiger partial charge is 0.192 e. The zero-order valence-corrected chi connectivity index (χ0v) is 19.9. The number of carbonyl (C=O) groups excluding carboxylic acids is 1. The molecule has 4 heteroatoms. The third-order valence-electron chi connectivity index (χ3n) is 8.41. The maximum atomic E-state index is 12.3. The molecule has 0 spiro atoms. The van der Waals surface area contributed by atoms with Crippen molar-refractivity contribution >= 4 is 5.78 Å². The van der Waals surface area contributed by atoms with Crippen molar-refractivity contribution < 1.29 is 20.1 Å². The van der Waals surface area contributed by atoms with Gasteiger partial charge in [-0.2, -0.15) is 0 Å². The first-order valence-corrected chi connectivity index (χ1v) is 12.1. The predicted molar refractivity (Wildman–Crippen MR) is 124 cm³/mol. The lowest BCUT2D eigenvalue weighted by molar-refractivity contribution is -0.144. The van der Waals surface area contributed by atoms with Gasteiger partial charge in [-0.1, -0.05) is 43.7 Å². The molecule has 0 aliphatic heterocycles. The standard InChI is InChI=1S/C27H42O4/c1-17-8-11-21(28)16-20(17)10-9-19-7-6-14-27(5)22(12-13-23(19)27)18(2)15-24(29)25(30)26(3,4)31/h9-10,18,21-24,28-29,31H,1,6-8,11-16H2,2-5H3/b19-9?,20-10-/t18-,21+,22-,23?,24?,27-/m1/s1. The fourth-order valence-electron chi connectivity index (χ4n) is 6.64. The highest BCUT2D eigenvalue weighted by Crippen LogP contribution is 2.59. The number of fused-ring (bicyclic) bond motifs is 1. The van der Waals surface area contributed by atoms with Crippen LogP contribution in [-0.4, -0.2) is 38.9 Å². The molecule has 0 heterocycles. The van der Waals surface area contributed by atoms with Crippen LogP contribution in [0.4, 0.5) is 0 Å². The Balaban J connectivity index is 1.73. The molecule has 0 bridgehead atoms. The molecule has 0 saturated heterocycles. The lowest BCUT2D eigenvalue weighted by Crippen LogP contribution is -2.42. The average Bonchev–Trinajstić information content (AvgIpc) is 3.04. The number of allylic oxidation sites excluding steroid dienone is 4. The molecule has 0 amide bonds. The van der Waals surface area contributed by atoms with Gasteiger partial charge in [0.2, 0.25) is 0 Å². The third kappa shape index (κ3) is 5.23. The number of ketones is 1. The van der Waals surface area contributed by atoms with Gasteiger partial charge in [-0.3, -0.25) is 4.79 Å². The van der Waals surface area contributed by atoms with Crippen molar-refractivity contribution in [2.75, 3.05) is 0 Å². The zero-order chi connectivity index (χ0) is 23.0. The van der Waals surface area contributed by atoms with Crippen LogP contribution in [0.1, 0.15) is 85.5 Å². The van der Waals surface area contributed by atoms with Crippen LogP contribution in [0, 0.1) is 23.2 Å². The molecule has 31 heavy (non-hydrogen) atoms. The third-order valence-corrected chi connectivity index (χ3v) is 8.41.